The van der Waals surface area contributed by atoms with E-state index in [1.54, 1.807) is 18.2 Å². The molecule has 0 aromatic heterocycles. The minimum atomic E-state index is -3.49. The SMILES string of the molecule is CS(=O)(=O)NC(=O)c1cccc(I)c1. The average molecular weight is 325 g/mol. The fourth-order valence-corrected chi connectivity index (χ4v) is 1.85. The zero-order valence-electron chi connectivity index (χ0n) is 7.32. The molecule has 0 saturated carbocycles. The third-order valence-corrected chi connectivity index (χ3v) is 2.59. The molecule has 1 aromatic carbocycles. The first kappa shape index (κ1) is 11.4. The molecule has 1 N–H and O–H groups in total. The Bertz CT molecular complexity index is 455. The van der Waals surface area contributed by atoms with Gasteiger partial charge in [-0.25, -0.2) is 13.1 Å². The lowest BCUT2D eigenvalue weighted by molar-refractivity contribution is 0.0981. The number of halogens is 1. The molecule has 0 unspecified atom stereocenters. The Hall–Kier alpha value is -0.630. The fraction of sp³-hybridized carbons (Fsp3) is 0.125. The van der Waals surface area contributed by atoms with Crippen LogP contribution in [0.3, 0.4) is 0 Å². The molecule has 0 fully saturated rings. The third-order valence-electron chi connectivity index (χ3n) is 1.36. The Balaban J connectivity index is 2.91. The van der Waals surface area contributed by atoms with Gasteiger partial charge in [0.2, 0.25) is 10.0 Å². The van der Waals surface area contributed by atoms with Crippen molar-refractivity contribution < 1.29 is 13.2 Å². The summed E-state index contributed by atoms with van der Waals surface area (Å²) >= 11 is 2.05. The van der Waals surface area contributed by atoms with Gasteiger partial charge >= 0.3 is 0 Å². The lowest BCUT2D eigenvalue weighted by atomic mass is 10.2. The van der Waals surface area contributed by atoms with E-state index in [2.05, 4.69) is 0 Å². The second-order valence-corrected chi connectivity index (χ2v) is 5.71. The van der Waals surface area contributed by atoms with E-state index in [-0.39, 0.29) is 0 Å². The number of sulfonamides is 1. The summed E-state index contributed by atoms with van der Waals surface area (Å²) in [5, 5.41) is 0. The van der Waals surface area contributed by atoms with Crippen molar-refractivity contribution >= 4 is 38.5 Å². The minimum Gasteiger partial charge on any atom is -0.268 e. The topological polar surface area (TPSA) is 63.2 Å². The number of hydrogen-bond donors (Lipinski definition) is 1. The molecule has 0 spiro atoms. The van der Waals surface area contributed by atoms with Crippen LogP contribution in [0, 0.1) is 3.57 Å². The van der Waals surface area contributed by atoms with Gasteiger partial charge in [-0.15, -0.1) is 0 Å². The van der Waals surface area contributed by atoms with Gasteiger partial charge in [-0.1, -0.05) is 6.07 Å². The maximum absolute atomic E-state index is 11.3. The zero-order valence-corrected chi connectivity index (χ0v) is 10.3. The Labute approximate surface area is 95.9 Å². The average Bonchev–Trinajstić information content (AvgIpc) is 2.01. The van der Waals surface area contributed by atoms with Crippen molar-refractivity contribution in [2.24, 2.45) is 0 Å². The van der Waals surface area contributed by atoms with Crippen molar-refractivity contribution in [2.45, 2.75) is 0 Å². The van der Waals surface area contributed by atoms with Gasteiger partial charge in [-0.3, -0.25) is 4.79 Å². The highest BCUT2D eigenvalue weighted by Crippen LogP contribution is 2.07. The molecule has 76 valence electrons. The van der Waals surface area contributed by atoms with Crippen LogP contribution >= 0.6 is 22.6 Å². The lowest BCUT2D eigenvalue weighted by Gasteiger charge is -2.02. The van der Waals surface area contributed by atoms with E-state index in [0.717, 1.165) is 9.83 Å². The van der Waals surface area contributed by atoms with E-state index in [1.807, 2.05) is 33.4 Å². The van der Waals surface area contributed by atoms with Gasteiger partial charge in [-0.2, -0.15) is 0 Å². The molecular formula is C8H8INO3S. The molecule has 14 heavy (non-hydrogen) atoms. The molecule has 0 aliphatic carbocycles. The summed E-state index contributed by atoms with van der Waals surface area (Å²) in [6.07, 6.45) is 0.943. The third kappa shape index (κ3) is 3.62. The monoisotopic (exact) mass is 325 g/mol. The first-order valence-corrected chi connectivity index (χ1v) is 6.63. The van der Waals surface area contributed by atoms with Crippen molar-refractivity contribution in [3.05, 3.63) is 33.4 Å². The van der Waals surface area contributed by atoms with Gasteiger partial charge < -0.3 is 0 Å². The second kappa shape index (κ2) is 4.26. The van der Waals surface area contributed by atoms with Gasteiger partial charge in [0.15, 0.2) is 0 Å². The summed E-state index contributed by atoms with van der Waals surface area (Å²) in [6.45, 7) is 0. The smallest absolute Gasteiger partial charge is 0.264 e. The standard InChI is InChI=1S/C8H8INO3S/c1-14(12,13)10-8(11)6-3-2-4-7(9)5-6/h2-5H,1H3,(H,10,11). The molecule has 0 saturated heterocycles. The predicted molar refractivity (Wildman–Crippen MR) is 61.5 cm³/mol. The Kier molecular flexibility index (Phi) is 3.48. The fourth-order valence-electron chi connectivity index (χ4n) is 0.857. The number of nitrogens with one attached hydrogen (secondary N) is 1. The highest BCUT2D eigenvalue weighted by atomic mass is 127. The van der Waals surface area contributed by atoms with Gasteiger partial charge in [0.1, 0.15) is 0 Å². The largest absolute Gasteiger partial charge is 0.268 e. The van der Waals surface area contributed by atoms with E-state index in [9.17, 15) is 13.2 Å². The van der Waals surface area contributed by atoms with Crippen LogP contribution in [0.1, 0.15) is 10.4 Å². The molecular weight excluding hydrogens is 317 g/mol. The van der Waals surface area contributed by atoms with E-state index in [0.29, 0.717) is 5.56 Å². The van der Waals surface area contributed by atoms with Crippen LogP contribution in [0.15, 0.2) is 24.3 Å². The Morgan fingerprint density at radius 1 is 1.43 bits per heavy atom. The van der Waals surface area contributed by atoms with Crippen molar-refractivity contribution in [1.82, 2.24) is 4.72 Å². The summed E-state index contributed by atoms with van der Waals surface area (Å²) in [5.41, 5.74) is 0.335. The summed E-state index contributed by atoms with van der Waals surface area (Å²) in [6, 6.07) is 6.68. The normalized spacial score (nSPS) is 11.0. The summed E-state index contributed by atoms with van der Waals surface area (Å²) < 4.78 is 24.3. The number of carbonyl (C=O) groups is 1. The molecule has 1 aromatic rings. The second-order valence-electron chi connectivity index (χ2n) is 2.71. The first-order valence-electron chi connectivity index (χ1n) is 3.66. The molecule has 0 radical (unpaired) electrons. The van der Waals surface area contributed by atoms with Crippen LogP contribution < -0.4 is 4.72 Å². The number of amides is 1. The molecule has 4 nitrogen and oxygen atoms in total. The maximum atomic E-state index is 11.3. The van der Waals surface area contributed by atoms with Crippen LogP contribution in [0.4, 0.5) is 0 Å². The minimum absolute atomic E-state index is 0.335. The van der Waals surface area contributed by atoms with Crippen molar-refractivity contribution in [1.29, 1.82) is 0 Å². The van der Waals surface area contributed by atoms with Crippen LogP contribution in [0.5, 0.6) is 0 Å². The van der Waals surface area contributed by atoms with Gasteiger partial charge in [-0.05, 0) is 40.8 Å². The molecule has 0 bridgehead atoms. The molecule has 0 aliphatic rings. The zero-order chi connectivity index (χ0) is 10.8. The molecule has 1 rings (SSSR count). The molecule has 0 atom stereocenters. The van der Waals surface area contributed by atoms with Crippen molar-refractivity contribution in [3.63, 3.8) is 0 Å². The van der Waals surface area contributed by atoms with Gasteiger partial charge in [0, 0.05) is 9.13 Å². The van der Waals surface area contributed by atoms with Gasteiger partial charge in [0.05, 0.1) is 6.26 Å². The van der Waals surface area contributed by atoms with E-state index in [4.69, 9.17) is 0 Å². The van der Waals surface area contributed by atoms with Crippen LogP contribution in [-0.2, 0) is 10.0 Å². The number of benzene rings is 1. The number of hydrogen-bond acceptors (Lipinski definition) is 3. The quantitative estimate of drug-likeness (QED) is 0.825. The first-order chi connectivity index (χ1) is 6.38. The summed E-state index contributed by atoms with van der Waals surface area (Å²) in [4.78, 5) is 11.3. The Morgan fingerprint density at radius 2 is 2.07 bits per heavy atom. The van der Waals surface area contributed by atoms with Crippen molar-refractivity contribution in [3.8, 4) is 0 Å². The lowest BCUT2D eigenvalue weighted by Crippen LogP contribution is -2.29. The van der Waals surface area contributed by atoms with Crippen LogP contribution in [0.2, 0.25) is 0 Å². The predicted octanol–water partition coefficient (Wildman–Crippen LogP) is 0.981. The van der Waals surface area contributed by atoms with Gasteiger partial charge in [0.25, 0.3) is 5.91 Å². The molecule has 0 aliphatic heterocycles. The van der Waals surface area contributed by atoms with E-state index in [1.165, 1.54) is 0 Å². The highest BCUT2D eigenvalue weighted by Gasteiger charge is 2.10. The molecule has 0 heterocycles. The van der Waals surface area contributed by atoms with E-state index >= 15 is 0 Å². The molecule has 1 amide bonds. The number of rotatable bonds is 2. The summed E-state index contributed by atoms with van der Waals surface area (Å²) in [5.74, 6) is -0.606. The summed E-state index contributed by atoms with van der Waals surface area (Å²) in [7, 11) is -3.49. The molecule has 6 heteroatoms. The Morgan fingerprint density at radius 3 is 2.57 bits per heavy atom. The van der Waals surface area contributed by atoms with E-state index < -0.39 is 15.9 Å². The van der Waals surface area contributed by atoms with Crippen molar-refractivity contribution in [2.75, 3.05) is 6.26 Å². The highest BCUT2D eigenvalue weighted by molar-refractivity contribution is 14.1. The van der Waals surface area contributed by atoms with Crippen LogP contribution in [-0.4, -0.2) is 20.6 Å². The van der Waals surface area contributed by atoms with Crippen LogP contribution in [0.25, 0.3) is 0 Å². The maximum Gasteiger partial charge on any atom is 0.264 e. The number of carbonyl (C=O) groups excluding carboxylic acids is 1.